The van der Waals surface area contributed by atoms with Crippen LogP contribution in [0.1, 0.15) is 69.8 Å². The zero-order valence-electron chi connectivity index (χ0n) is 19.7. The Hall–Kier alpha value is -1.34. The lowest BCUT2D eigenvalue weighted by Gasteiger charge is -2.37. The van der Waals surface area contributed by atoms with E-state index in [1.165, 1.54) is 16.6 Å². The molecule has 0 saturated carbocycles. The maximum absolute atomic E-state index is 12.8. The Morgan fingerprint density at radius 3 is 2.42 bits per heavy atom. The number of carbonyl (C=O) groups is 1. The van der Waals surface area contributed by atoms with Crippen LogP contribution in [0.5, 0.6) is 0 Å². The first-order valence-corrected chi connectivity index (χ1v) is 12.6. The van der Waals surface area contributed by atoms with Crippen molar-refractivity contribution in [3.05, 3.63) is 23.3 Å². The second-order valence-electron chi connectivity index (χ2n) is 9.22. The number of thiophene rings is 2. The fourth-order valence-corrected chi connectivity index (χ4v) is 5.92. The van der Waals surface area contributed by atoms with Crippen LogP contribution < -0.4 is 9.55 Å². The van der Waals surface area contributed by atoms with E-state index in [-0.39, 0.29) is 5.97 Å². The number of fused-ring (bicyclic) bond motifs is 3. The number of aryl methyl sites for hydroxylation is 1. The summed E-state index contributed by atoms with van der Waals surface area (Å²) in [5, 5.41) is 12.6. The van der Waals surface area contributed by atoms with Gasteiger partial charge in [-0.2, -0.15) is 0 Å². The number of rotatable bonds is 9. The Kier molecular flexibility index (Phi) is 7.26. The molecule has 0 saturated heterocycles. The number of unbranched alkanes of at least 4 members (excludes halogenated alkanes) is 2. The molecule has 0 aliphatic rings. The molecular weight excluding hydrogens is 426 g/mol. The third-order valence-electron chi connectivity index (χ3n) is 6.21. The molecule has 8 heteroatoms. The summed E-state index contributed by atoms with van der Waals surface area (Å²) < 4.78 is 16.0. The molecule has 0 aliphatic carbocycles. The van der Waals surface area contributed by atoms with E-state index < -0.39 is 11.2 Å². The lowest BCUT2D eigenvalue weighted by atomic mass is 9.85. The van der Waals surface area contributed by atoms with E-state index in [0.29, 0.717) is 13.0 Å². The van der Waals surface area contributed by atoms with E-state index in [9.17, 15) is 9.90 Å². The van der Waals surface area contributed by atoms with Gasteiger partial charge in [0.15, 0.2) is 7.85 Å². The quantitative estimate of drug-likeness (QED) is 0.303. The van der Waals surface area contributed by atoms with Crippen LogP contribution in [-0.2, 0) is 15.8 Å². The molecule has 0 amide bonds. The minimum absolute atomic E-state index is 0.261. The van der Waals surface area contributed by atoms with Gasteiger partial charge in [0, 0.05) is 10.2 Å². The van der Waals surface area contributed by atoms with E-state index in [1.54, 1.807) is 36.5 Å². The van der Waals surface area contributed by atoms with Crippen molar-refractivity contribution in [1.29, 1.82) is 0 Å². The second-order valence-corrected chi connectivity index (χ2v) is 11.6. The zero-order valence-corrected chi connectivity index (χ0v) is 21.3. The number of hydrogen-bond acceptors (Lipinski definition) is 6. The summed E-state index contributed by atoms with van der Waals surface area (Å²) in [7, 11) is 3.96. The van der Waals surface area contributed by atoms with Crippen molar-refractivity contribution in [1.82, 2.24) is 0 Å². The topological polar surface area (TPSA) is 55.8 Å². The monoisotopic (exact) mass is 458 g/mol. The standard InChI is InChI=1S/C23H32B2O4S2/c1-7-8-9-10-13-14-12-17(25-29-23(4,5)22(2,3)27)31-19(14)20-15(11-16(24)30-20)18(13)21(26)28-6/h11-12,25,27H,7-10,24H2,1-6H3. The Bertz CT molecular complexity index is 1090. The van der Waals surface area contributed by atoms with Crippen molar-refractivity contribution in [2.24, 2.45) is 0 Å². The number of benzene rings is 1. The van der Waals surface area contributed by atoms with Crippen LogP contribution in [0.3, 0.4) is 0 Å². The van der Waals surface area contributed by atoms with Crippen molar-refractivity contribution in [2.75, 3.05) is 7.11 Å². The molecule has 2 heterocycles. The predicted molar refractivity (Wildman–Crippen MR) is 138 cm³/mol. The highest BCUT2D eigenvalue weighted by molar-refractivity contribution is 7.34. The van der Waals surface area contributed by atoms with E-state index >= 15 is 0 Å². The first kappa shape index (κ1) is 24.3. The van der Waals surface area contributed by atoms with Gasteiger partial charge in [-0.15, -0.1) is 22.7 Å². The Balaban J connectivity index is 2.15. The van der Waals surface area contributed by atoms with E-state index in [4.69, 9.17) is 9.39 Å². The lowest BCUT2D eigenvalue weighted by Crippen LogP contribution is -2.49. The van der Waals surface area contributed by atoms with Gasteiger partial charge in [-0.1, -0.05) is 19.8 Å². The van der Waals surface area contributed by atoms with Crippen molar-refractivity contribution < 1.29 is 19.3 Å². The SMILES string of the molecule is Bc1cc2c(C(=O)OC)c(CCCCC)c3cc(BOC(C)(C)C(C)(C)O)sc3c2s1. The van der Waals surface area contributed by atoms with Crippen molar-refractivity contribution in [3.63, 3.8) is 0 Å². The molecule has 0 bridgehead atoms. The average Bonchev–Trinajstić information content (AvgIpc) is 3.28. The van der Waals surface area contributed by atoms with Gasteiger partial charge in [0.2, 0.25) is 0 Å². The van der Waals surface area contributed by atoms with E-state index in [0.717, 1.165) is 51.5 Å². The van der Waals surface area contributed by atoms with Gasteiger partial charge in [-0.25, -0.2) is 4.79 Å². The number of methoxy groups -OCH3 is 1. The van der Waals surface area contributed by atoms with Crippen LogP contribution in [0.4, 0.5) is 0 Å². The molecule has 31 heavy (non-hydrogen) atoms. The van der Waals surface area contributed by atoms with Crippen LogP contribution in [0.25, 0.3) is 20.2 Å². The van der Waals surface area contributed by atoms with Gasteiger partial charge in [0.05, 0.1) is 33.3 Å². The zero-order chi connectivity index (χ0) is 23.0. The molecule has 3 aromatic rings. The Morgan fingerprint density at radius 1 is 1.13 bits per heavy atom. The van der Waals surface area contributed by atoms with Gasteiger partial charge in [-0.3, -0.25) is 0 Å². The number of ether oxygens (including phenoxy) is 1. The number of aliphatic hydroxyl groups is 1. The number of esters is 1. The largest absolute Gasteiger partial charge is 0.465 e. The maximum Gasteiger partial charge on any atom is 0.338 e. The molecule has 2 aromatic heterocycles. The minimum atomic E-state index is -0.953. The lowest BCUT2D eigenvalue weighted by molar-refractivity contribution is -0.0892. The van der Waals surface area contributed by atoms with Crippen molar-refractivity contribution in [2.45, 2.75) is 71.5 Å². The molecule has 0 radical (unpaired) electrons. The van der Waals surface area contributed by atoms with Crippen molar-refractivity contribution >= 4 is 73.7 Å². The van der Waals surface area contributed by atoms with Crippen LogP contribution in [0.2, 0.25) is 0 Å². The molecular formula is C23H32B2O4S2. The van der Waals surface area contributed by atoms with Crippen LogP contribution in [-0.4, -0.2) is 44.7 Å². The van der Waals surface area contributed by atoms with Crippen LogP contribution in [0.15, 0.2) is 12.1 Å². The van der Waals surface area contributed by atoms with Gasteiger partial charge in [0.1, 0.15) is 0 Å². The highest BCUT2D eigenvalue weighted by Gasteiger charge is 2.36. The maximum atomic E-state index is 12.8. The van der Waals surface area contributed by atoms with E-state index in [2.05, 4.69) is 26.9 Å². The fraction of sp³-hybridized carbons (Fsp3) is 0.522. The molecule has 0 aliphatic heterocycles. The summed E-state index contributed by atoms with van der Waals surface area (Å²) in [5.74, 6) is -0.261. The molecule has 0 fully saturated rings. The molecule has 3 rings (SSSR count). The molecule has 1 N–H and O–H groups in total. The molecule has 4 nitrogen and oxygen atoms in total. The normalized spacial score (nSPS) is 12.6. The van der Waals surface area contributed by atoms with Gasteiger partial charge in [-0.05, 0) is 68.4 Å². The summed E-state index contributed by atoms with van der Waals surface area (Å²) in [5.41, 5.74) is 0.169. The summed E-state index contributed by atoms with van der Waals surface area (Å²) in [6.07, 6.45) is 4.15. The van der Waals surface area contributed by atoms with Crippen LogP contribution >= 0.6 is 22.7 Å². The second kappa shape index (κ2) is 9.26. The molecule has 166 valence electrons. The molecule has 0 spiro atoms. The Morgan fingerprint density at radius 2 is 1.81 bits per heavy atom. The summed E-state index contributed by atoms with van der Waals surface area (Å²) in [6.45, 7) is 9.54. The van der Waals surface area contributed by atoms with Crippen molar-refractivity contribution in [3.8, 4) is 0 Å². The summed E-state index contributed by atoms with van der Waals surface area (Å²) in [6, 6.07) is 4.28. The van der Waals surface area contributed by atoms with Gasteiger partial charge >= 0.3 is 13.5 Å². The van der Waals surface area contributed by atoms with Crippen LogP contribution in [0, 0.1) is 0 Å². The van der Waals surface area contributed by atoms with Gasteiger partial charge in [0.25, 0.3) is 0 Å². The third-order valence-corrected chi connectivity index (χ3v) is 8.53. The third kappa shape index (κ3) is 4.87. The highest BCUT2D eigenvalue weighted by atomic mass is 32.1. The predicted octanol–water partition coefficient (Wildman–Crippen LogP) is 3.44. The highest BCUT2D eigenvalue weighted by Crippen LogP contribution is 2.39. The molecule has 0 atom stereocenters. The number of hydrogen-bond donors (Lipinski definition) is 1. The fourth-order valence-electron chi connectivity index (χ4n) is 3.65. The smallest absolute Gasteiger partial charge is 0.338 e. The molecule has 1 aromatic carbocycles. The van der Waals surface area contributed by atoms with Gasteiger partial charge < -0.3 is 14.5 Å². The summed E-state index contributed by atoms with van der Waals surface area (Å²) in [4.78, 5) is 12.8. The minimum Gasteiger partial charge on any atom is -0.465 e. The first-order chi connectivity index (χ1) is 14.5. The molecule has 0 unspecified atom stereocenters. The first-order valence-electron chi connectivity index (χ1n) is 10.9. The van der Waals surface area contributed by atoms with E-state index in [1.807, 2.05) is 13.8 Å². The average molecular weight is 458 g/mol. The summed E-state index contributed by atoms with van der Waals surface area (Å²) >= 11 is 3.45. The number of carbonyl (C=O) groups excluding carboxylic acids is 1. The Labute approximate surface area is 194 Å².